The Bertz CT molecular complexity index is 171. The fourth-order valence-electron chi connectivity index (χ4n) is 0.488. The molecule has 0 aliphatic heterocycles. The minimum Gasteiger partial charge on any atom is -0.389 e. The Labute approximate surface area is 59.7 Å². The summed E-state index contributed by atoms with van der Waals surface area (Å²) in [4.78, 5) is 4.03. The summed E-state index contributed by atoms with van der Waals surface area (Å²) in [6, 6.07) is 0. The highest BCUT2D eigenvalue weighted by molar-refractivity contribution is 7.15. The first kappa shape index (κ1) is 8.43. The van der Waals surface area contributed by atoms with Crippen molar-refractivity contribution in [3.05, 3.63) is 11.2 Å². The second-order valence-corrected chi connectivity index (χ2v) is 2.66. The SMILES string of the molecule is C.CCc1ncc(N)s1. The highest BCUT2D eigenvalue weighted by atomic mass is 32.1. The summed E-state index contributed by atoms with van der Waals surface area (Å²) in [5, 5.41) is 1.92. The first-order valence-electron chi connectivity index (χ1n) is 2.53. The van der Waals surface area contributed by atoms with E-state index >= 15 is 0 Å². The minimum atomic E-state index is 0. The van der Waals surface area contributed by atoms with Gasteiger partial charge >= 0.3 is 0 Å². The second kappa shape index (κ2) is 3.45. The van der Waals surface area contributed by atoms with Crippen molar-refractivity contribution < 1.29 is 0 Å². The number of hydrogen-bond acceptors (Lipinski definition) is 3. The van der Waals surface area contributed by atoms with Crippen LogP contribution in [0, 0.1) is 0 Å². The molecule has 0 fully saturated rings. The third-order valence-corrected chi connectivity index (χ3v) is 1.84. The Kier molecular flexibility index (Phi) is 3.24. The predicted molar refractivity (Wildman–Crippen MR) is 42.6 cm³/mol. The predicted octanol–water partition coefficient (Wildman–Crippen LogP) is 1.92. The van der Waals surface area contributed by atoms with Crippen LogP contribution in [-0.2, 0) is 6.42 Å². The zero-order valence-electron chi connectivity index (χ0n) is 4.72. The van der Waals surface area contributed by atoms with Crippen LogP contribution in [0.15, 0.2) is 6.20 Å². The molecule has 0 radical (unpaired) electrons. The quantitative estimate of drug-likeness (QED) is 0.654. The van der Waals surface area contributed by atoms with Crippen molar-refractivity contribution in [3.8, 4) is 0 Å². The van der Waals surface area contributed by atoms with Gasteiger partial charge in [0.05, 0.1) is 11.2 Å². The Morgan fingerprint density at radius 3 is 2.67 bits per heavy atom. The van der Waals surface area contributed by atoms with Gasteiger partial charge in [-0.1, -0.05) is 14.4 Å². The molecule has 0 aliphatic rings. The maximum atomic E-state index is 5.41. The molecule has 0 aliphatic carbocycles. The van der Waals surface area contributed by atoms with E-state index in [0.29, 0.717) is 0 Å². The fraction of sp³-hybridized carbons (Fsp3) is 0.500. The van der Waals surface area contributed by atoms with E-state index in [0.717, 1.165) is 16.4 Å². The highest BCUT2D eigenvalue weighted by Crippen LogP contribution is 2.13. The van der Waals surface area contributed by atoms with Gasteiger partial charge in [-0.15, -0.1) is 11.3 Å². The molecule has 2 nitrogen and oxygen atoms in total. The van der Waals surface area contributed by atoms with Gasteiger partial charge in [-0.2, -0.15) is 0 Å². The molecule has 9 heavy (non-hydrogen) atoms. The Hall–Kier alpha value is -0.570. The summed E-state index contributed by atoms with van der Waals surface area (Å²) in [5.41, 5.74) is 5.41. The topological polar surface area (TPSA) is 38.9 Å². The molecule has 0 bridgehead atoms. The molecular formula is C6H12N2S. The highest BCUT2D eigenvalue weighted by Gasteiger charge is 1.92. The van der Waals surface area contributed by atoms with E-state index in [-0.39, 0.29) is 7.43 Å². The number of aryl methyl sites for hydroxylation is 1. The number of hydrogen-bond donors (Lipinski definition) is 1. The van der Waals surface area contributed by atoms with Gasteiger partial charge in [-0.05, 0) is 6.42 Å². The Morgan fingerprint density at radius 2 is 2.44 bits per heavy atom. The van der Waals surface area contributed by atoms with Gasteiger partial charge < -0.3 is 5.73 Å². The average molecular weight is 144 g/mol. The van der Waals surface area contributed by atoms with Crippen molar-refractivity contribution in [1.29, 1.82) is 0 Å². The lowest BCUT2D eigenvalue weighted by molar-refractivity contribution is 1.09. The number of nitrogens with two attached hydrogens (primary N) is 1. The van der Waals surface area contributed by atoms with Crippen LogP contribution in [0.25, 0.3) is 0 Å². The number of nitrogen functional groups attached to an aromatic ring is 1. The van der Waals surface area contributed by atoms with E-state index in [1.807, 2.05) is 0 Å². The normalized spacial score (nSPS) is 8.56. The summed E-state index contributed by atoms with van der Waals surface area (Å²) in [6.45, 7) is 2.07. The van der Waals surface area contributed by atoms with Crippen LogP contribution in [0.1, 0.15) is 19.4 Å². The molecule has 0 amide bonds. The van der Waals surface area contributed by atoms with Gasteiger partial charge in [-0.3, -0.25) is 0 Å². The summed E-state index contributed by atoms with van der Waals surface area (Å²) < 4.78 is 0. The minimum absolute atomic E-state index is 0. The molecular weight excluding hydrogens is 132 g/mol. The fourth-order valence-corrected chi connectivity index (χ4v) is 1.12. The van der Waals surface area contributed by atoms with Crippen LogP contribution < -0.4 is 5.73 Å². The van der Waals surface area contributed by atoms with Crippen molar-refractivity contribution in [3.63, 3.8) is 0 Å². The molecule has 1 aromatic heterocycles. The molecule has 1 aromatic rings. The van der Waals surface area contributed by atoms with Crippen molar-refractivity contribution in [2.75, 3.05) is 5.73 Å². The van der Waals surface area contributed by atoms with Crippen molar-refractivity contribution in [1.82, 2.24) is 4.98 Å². The van der Waals surface area contributed by atoms with Crippen molar-refractivity contribution in [2.45, 2.75) is 20.8 Å². The molecule has 3 heteroatoms. The monoisotopic (exact) mass is 144 g/mol. The van der Waals surface area contributed by atoms with E-state index in [1.54, 1.807) is 17.5 Å². The van der Waals surface area contributed by atoms with E-state index in [2.05, 4.69) is 11.9 Å². The molecule has 0 aromatic carbocycles. The van der Waals surface area contributed by atoms with Crippen LogP contribution in [0.5, 0.6) is 0 Å². The summed E-state index contributed by atoms with van der Waals surface area (Å²) in [5.74, 6) is 0. The van der Waals surface area contributed by atoms with Gasteiger partial charge in [0.2, 0.25) is 0 Å². The van der Waals surface area contributed by atoms with Crippen LogP contribution in [0.4, 0.5) is 5.00 Å². The van der Waals surface area contributed by atoms with Gasteiger partial charge in [0.25, 0.3) is 0 Å². The van der Waals surface area contributed by atoms with Crippen molar-refractivity contribution in [2.24, 2.45) is 0 Å². The molecule has 1 heterocycles. The lowest BCUT2D eigenvalue weighted by Gasteiger charge is -1.78. The molecule has 0 spiro atoms. The molecule has 0 saturated carbocycles. The van der Waals surface area contributed by atoms with Crippen LogP contribution in [0.3, 0.4) is 0 Å². The second-order valence-electron chi connectivity index (χ2n) is 1.51. The van der Waals surface area contributed by atoms with Gasteiger partial charge in [-0.25, -0.2) is 4.98 Å². The zero-order chi connectivity index (χ0) is 5.98. The number of aromatic nitrogens is 1. The maximum absolute atomic E-state index is 5.41. The molecule has 52 valence electrons. The number of rotatable bonds is 1. The lowest BCUT2D eigenvalue weighted by Crippen LogP contribution is -1.73. The smallest absolute Gasteiger partial charge is 0.106 e. The Morgan fingerprint density at radius 1 is 1.78 bits per heavy atom. The third-order valence-electron chi connectivity index (χ3n) is 0.874. The van der Waals surface area contributed by atoms with Crippen molar-refractivity contribution >= 4 is 16.3 Å². The standard InChI is InChI=1S/C5H8N2S.CH4/c1-2-5-7-3-4(6)8-5;/h3H,2,6H2,1H3;1H4. The molecule has 1 rings (SSSR count). The number of nitrogens with zero attached hydrogens (tertiary/aromatic N) is 1. The summed E-state index contributed by atoms with van der Waals surface area (Å²) in [6.07, 6.45) is 2.69. The molecule has 0 saturated heterocycles. The summed E-state index contributed by atoms with van der Waals surface area (Å²) in [7, 11) is 0. The number of anilines is 1. The molecule has 0 unspecified atom stereocenters. The molecule has 0 atom stereocenters. The van der Waals surface area contributed by atoms with Gasteiger partial charge in [0.1, 0.15) is 5.00 Å². The van der Waals surface area contributed by atoms with Crippen LogP contribution in [-0.4, -0.2) is 4.98 Å². The molecule has 2 N–H and O–H groups in total. The van der Waals surface area contributed by atoms with E-state index in [4.69, 9.17) is 5.73 Å². The largest absolute Gasteiger partial charge is 0.389 e. The average Bonchev–Trinajstić information content (AvgIpc) is 2.14. The first-order chi connectivity index (χ1) is 3.83. The van der Waals surface area contributed by atoms with Gasteiger partial charge in [0, 0.05) is 0 Å². The van der Waals surface area contributed by atoms with E-state index in [1.165, 1.54) is 0 Å². The lowest BCUT2D eigenvalue weighted by atomic mass is 10.5. The van der Waals surface area contributed by atoms with Crippen LogP contribution in [0.2, 0.25) is 0 Å². The van der Waals surface area contributed by atoms with Gasteiger partial charge in [0.15, 0.2) is 0 Å². The maximum Gasteiger partial charge on any atom is 0.106 e. The van der Waals surface area contributed by atoms with E-state index < -0.39 is 0 Å². The van der Waals surface area contributed by atoms with E-state index in [9.17, 15) is 0 Å². The zero-order valence-corrected chi connectivity index (χ0v) is 5.53. The summed E-state index contributed by atoms with van der Waals surface area (Å²) >= 11 is 1.55. The Balaban J connectivity index is 0.000000640. The van der Waals surface area contributed by atoms with Crippen LogP contribution >= 0.6 is 11.3 Å². The first-order valence-corrected chi connectivity index (χ1v) is 3.34. The number of thiazole rings is 1. The third kappa shape index (κ3) is 2.01.